The molecule has 0 saturated carbocycles. The van der Waals surface area contributed by atoms with Gasteiger partial charge in [-0.2, -0.15) is 16.8 Å². The minimum atomic E-state index is -4.81. The summed E-state index contributed by atoms with van der Waals surface area (Å²) in [5, 5.41) is 6.13. The number of nitrogens with one attached hydrogen (secondary N) is 2. The Morgan fingerprint density at radius 1 is 0.383 bits per heavy atom. The Kier molecular flexibility index (Phi) is 11.1. The van der Waals surface area contributed by atoms with Gasteiger partial charge in [0.25, 0.3) is 20.2 Å². The third-order valence-corrected chi connectivity index (χ3v) is 11.1. The predicted molar refractivity (Wildman–Crippen MR) is 234 cm³/mol. The number of nitrogens with zero attached hydrogens (tertiary/aromatic N) is 4. The Bertz CT molecular complexity index is 2760. The van der Waals surface area contributed by atoms with Crippen molar-refractivity contribution in [1.82, 2.24) is 19.9 Å². The first-order valence-corrected chi connectivity index (χ1v) is 21.3. The monoisotopic (exact) mass is 830 g/mol. The van der Waals surface area contributed by atoms with E-state index in [1.54, 1.807) is 12.1 Å². The van der Waals surface area contributed by atoms with Crippen molar-refractivity contribution >= 4 is 55.7 Å². The Balaban J connectivity index is 1.11. The standard InChI is InChI=1S/C46H34N6O6S2/c53-59(54,55)43-27-37(47-45-49-39(31-13-5-1-6-14-31)29-40(50-45)32-15-7-2-8-16-32)25-23-35(43)21-22-36-24-26-38(28-44(36)60(56,57)58)48-46-51-41(33-17-9-3-10-18-33)30-42(52-46)34-19-11-4-12-20-34/h1-30H,(H,47,49,50)(H,48,51,52)(H,53,54,55)(H,56,57,58). The lowest BCUT2D eigenvalue weighted by atomic mass is 10.1. The molecule has 12 nitrogen and oxygen atoms in total. The van der Waals surface area contributed by atoms with Crippen LogP contribution < -0.4 is 10.6 Å². The number of anilines is 4. The summed E-state index contributed by atoms with van der Waals surface area (Å²) in [7, 11) is -9.61. The summed E-state index contributed by atoms with van der Waals surface area (Å²) >= 11 is 0. The Hall–Kier alpha value is -7.36. The van der Waals surface area contributed by atoms with Crippen molar-refractivity contribution < 1.29 is 25.9 Å². The van der Waals surface area contributed by atoms with Crippen LogP contribution in [0.25, 0.3) is 57.2 Å². The molecule has 0 fully saturated rings. The van der Waals surface area contributed by atoms with Gasteiger partial charge in [-0.15, -0.1) is 0 Å². The van der Waals surface area contributed by atoms with Gasteiger partial charge in [0.2, 0.25) is 11.9 Å². The lowest BCUT2D eigenvalue weighted by Gasteiger charge is -2.13. The van der Waals surface area contributed by atoms with Gasteiger partial charge in [0.05, 0.1) is 22.8 Å². The molecule has 0 saturated heterocycles. The molecule has 4 N–H and O–H groups in total. The zero-order valence-electron chi connectivity index (χ0n) is 31.5. The van der Waals surface area contributed by atoms with Crippen molar-refractivity contribution in [3.63, 3.8) is 0 Å². The smallest absolute Gasteiger partial charge is 0.295 e. The molecule has 0 radical (unpaired) electrons. The van der Waals surface area contributed by atoms with Crippen molar-refractivity contribution in [2.75, 3.05) is 10.6 Å². The second-order valence-electron chi connectivity index (χ2n) is 13.4. The van der Waals surface area contributed by atoms with Crippen LogP contribution >= 0.6 is 0 Å². The van der Waals surface area contributed by atoms with Crippen LogP contribution in [0.4, 0.5) is 23.3 Å². The molecule has 14 heteroatoms. The molecule has 2 aromatic heterocycles. The lowest BCUT2D eigenvalue weighted by Crippen LogP contribution is -2.05. The van der Waals surface area contributed by atoms with E-state index in [1.165, 1.54) is 36.4 Å². The first-order valence-electron chi connectivity index (χ1n) is 18.4. The van der Waals surface area contributed by atoms with Gasteiger partial charge in [-0.3, -0.25) is 9.11 Å². The minimum Gasteiger partial charge on any atom is -0.324 e. The molecule has 6 aromatic carbocycles. The van der Waals surface area contributed by atoms with Gasteiger partial charge in [-0.1, -0.05) is 146 Å². The lowest BCUT2D eigenvalue weighted by molar-refractivity contribution is 0.480. The average Bonchev–Trinajstić information content (AvgIpc) is 3.26. The molecular formula is C46H34N6O6S2. The van der Waals surface area contributed by atoms with E-state index in [9.17, 15) is 25.9 Å². The number of hydrogen-bond donors (Lipinski definition) is 4. The molecule has 8 rings (SSSR count). The van der Waals surface area contributed by atoms with Gasteiger partial charge in [-0.05, 0) is 47.5 Å². The fraction of sp³-hybridized carbons (Fsp3) is 0. The third kappa shape index (κ3) is 9.33. The molecule has 0 unspecified atom stereocenters. The van der Waals surface area contributed by atoms with Gasteiger partial charge < -0.3 is 10.6 Å². The Morgan fingerprint density at radius 2 is 0.667 bits per heavy atom. The van der Waals surface area contributed by atoms with Gasteiger partial charge >= 0.3 is 0 Å². The highest BCUT2D eigenvalue weighted by molar-refractivity contribution is 7.86. The molecule has 60 heavy (non-hydrogen) atoms. The molecule has 0 spiro atoms. The Labute approximate surface area is 346 Å². The molecule has 0 aliphatic heterocycles. The van der Waals surface area contributed by atoms with Crippen molar-refractivity contribution in [2.24, 2.45) is 0 Å². The second kappa shape index (κ2) is 16.9. The van der Waals surface area contributed by atoms with Crippen LogP contribution in [-0.4, -0.2) is 45.9 Å². The normalized spacial score (nSPS) is 11.7. The zero-order chi connectivity index (χ0) is 41.7. The molecule has 0 aliphatic rings. The van der Waals surface area contributed by atoms with Crippen LogP contribution in [0.3, 0.4) is 0 Å². The van der Waals surface area contributed by atoms with Crippen LogP contribution in [0.2, 0.25) is 0 Å². The fourth-order valence-electron chi connectivity index (χ4n) is 6.42. The molecule has 0 bridgehead atoms. The van der Waals surface area contributed by atoms with Crippen molar-refractivity contribution in [2.45, 2.75) is 9.79 Å². The maximum Gasteiger partial charge on any atom is 0.295 e. The SMILES string of the molecule is O=S(=O)(O)c1cc(Nc2nc(-c3ccccc3)cc(-c3ccccc3)n2)ccc1C=Cc1ccc(Nc2nc(-c3ccccc3)cc(-c3ccccc3)n2)cc1S(=O)(=O)O. The van der Waals surface area contributed by atoms with Crippen LogP contribution in [0.15, 0.2) is 180 Å². The van der Waals surface area contributed by atoms with E-state index in [0.29, 0.717) is 22.8 Å². The maximum absolute atomic E-state index is 12.7. The summed E-state index contributed by atoms with van der Waals surface area (Å²) in [6.45, 7) is 0. The number of aromatic nitrogens is 4. The summed E-state index contributed by atoms with van der Waals surface area (Å²) in [5.74, 6) is 0.361. The molecule has 0 atom stereocenters. The Morgan fingerprint density at radius 3 is 0.933 bits per heavy atom. The van der Waals surface area contributed by atoms with E-state index in [0.717, 1.165) is 22.3 Å². The average molecular weight is 831 g/mol. The summed E-state index contributed by atoms with van der Waals surface area (Å²) in [5.41, 5.74) is 6.47. The fourth-order valence-corrected chi connectivity index (χ4v) is 7.84. The highest BCUT2D eigenvalue weighted by Crippen LogP contribution is 2.31. The van der Waals surface area contributed by atoms with Crippen LogP contribution in [0.5, 0.6) is 0 Å². The molecule has 296 valence electrons. The topological polar surface area (TPSA) is 184 Å². The third-order valence-electron chi connectivity index (χ3n) is 9.27. The van der Waals surface area contributed by atoms with Gasteiger partial charge in [0.1, 0.15) is 9.79 Å². The van der Waals surface area contributed by atoms with Crippen LogP contribution in [-0.2, 0) is 20.2 Å². The highest BCUT2D eigenvalue weighted by Gasteiger charge is 2.19. The molecule has 8 aromatic rings. The van der Waals surface area contributed by atoms with Gasteiger partial charge in [0.15, 0.2) is 0 Å². The first-order chi connectivity index (χ1) is 29.0. The summed E-state index contributed by atoms with van der Waals surface area (Å²) in [6, 6.07) is 50.2. The number of hydrogen-bond acceptors (Lipinski definition) is 10. The van der Waals surface area contributed by atoms with E-state index in [-0.39, 0.29) is 34.4 Å². The first kappa shape index (κ1) is 39.5. The van der Waals surface area contributed by atoms with Crippen molar-refractivity contribution in [3.05, 3.63) is 181 Å². The molecule has 2 heterocycles. The van der Waals surface area contributed by atoms with E-state index in [2.05, 4.69) is 30.6 Å². The zero-order valence-corrected chi connectivity index (χ0v) is 33.1. The van der Waals surface area contributed by atoms with Crippen molar-refractivity contribution in [3.8, 4) is 45.0 Å². The number of benzene rings is 6. The quantitative estimate of drug-likeness (QED) is 0.0676. The number of rotatable bonds is 12. The van der Waals surface area contributed by atoms with Crippen molar-refractivity contribution in [1.29, 1.82) is 0 Å². The van der Waals surface area contributed by atoms with Crippen LogP contribution in [0, 0.1) is 0 Å². The largest absolute Gasteiger partial charge is 0.324 e. The molecule has 0 amide bonds. The highest BCUT2D eigenvalue weighted by atomic mass is 32.2. The summed E-state index contributed by atoms with van der Waals surface area (Å²) in [6.07, 6.45) is 2.64. The molecule has 0 aliphatic carbocycles. The molecular weight excluding hydrogens is 797 g/mol. The second-order valence-corrected chi connectivity index (χ2v) is 16.2. The summed E-state index contributed by atoms with van der Waals surface area (Å²) in [4.78, 5) is 17.8. The maximum atomic E-state index is 12.7. The predicted octanol–water partition coefficient (Wildman–Crippen LogP) is 10.1. The van der Waals surface area contributed by atoms with E-state index in [4.69, 9.17) is 0 Å². The van der Waals surface area contributed by atoms with Gasteiger partial charge in [0, 0.05) is 33.6 Å². The van der Waals surface area contributed by atoms with Crippen LogP contribution in [0.1, 0.15) is 11.1 Å². The van der Waals surface area contributed by atoms with E-state index < -0.39 is 30.0 Å². The minimum absolute atomic E-state index is 0.0371. The van der Waals surface area contributed by atoms with Gasteiger partial charge in [-0.25, -0.2) is 19.9 Å². The van der Waals surface area contributed by atoms with E-state index in [1.807, 2.05) is 133 Å². The summed E-state index contributed by atoms with van der Waals surface area (Å²) < 4.78 is 71.5. The van der Waals surface area contributed by atoms with E-state index >= 15 is 0 Å².